The molecule has 1 aromatic heterocycles. The molecule has 0 saturated carbocycles. The first-order valence-electron chi connectivity index (χ1n) is 6.51. The second-order valence-corrected chi connectivity index (χ2v) is 5.29. The van der Waals surface area contributed by atoms with Crippen LogP contribution in [0.1, 0.15) is 38.1 Å². The summed E-state index contributed by atoms with van der Waals surface area (Å²) < 4.78 is 5.23. The van der Waals surface area contributed by atoms with Crippen LogP contribution in [-0.4, -0.2) is 36.3 Å². The highest BCUT2D eigenvalue weighted by Gasteiger charge is 2.21. The van der Waals surface area contributed by atoms with Gasteiger partial charge in [-0.1, -0.05) is 19.9 Å². The van der Waals surface area contributed by atoms with Gasteiger partial charge in [-0.2, -0.15) is 0 Å². The van der Waals surface area contributed by atoms with E-state index < -0.39 is 5.97 Å². The largest absolute Gasteiger partial charge is 0.463 e. The van der Waals surface area contributed by atoms with Crippen molar-refractivity contribution in [2.45, 2.75) is 33.2 Å². The molecule has 0 aromatic carbocycles. The highest BCUT2D eigenvalue weighted by Crippen LogP contribution is 2.25. The zero-order chi connectivity index (χ0) is 14.3. The van der Waals surface area contributed by atoms with Gasteiger partial charge in [-0.15, -0.1) is 11.3 Å². The molecule has 1 aromatic rings. The number of thiophene rings is 1. The first kappa shape index (κ1) is 15.9. The quantitative estimate of drug-likeness (QED) is 0.543. The number of ether oxygens (including phenoxy) is 1. The number of carbonyl (C=O) groups excluding carboxylic acids is 2. The van der Waals surface area contributed by atoms with E-state index in [0.29, 0.717) is 6.61 Å². The summed E-state index contributed by atoms with van der Waals surface area (Å²) in [4.78, 5) is 25.8. The first-order chi connectivity index (χ1) is 9.08. The van der Waals surface area contributed by atoms with E-state index in [1.165, 1.54) is 11.8 Å². The molecule has 0 fully saturated rings. The van der Waals surface area contributed by atoms with Crippen LogP contribution in [0.5, 0.6) is 0 Å². The second kappa shape index (κ2) is 8.07. The Labute approximate surface area is 118 Å². The Morgan fingerprint density at radius 3 is 2.53 bits per heavy atom. The minimum absolute atomic E-state index is 0.0749. The molecule has 0 bridgehead atoms. The molecule has 1 atom stereocenters. The molecule has 1 rings (SSSR count). The van der Waals surface area contributed by atoms with Gasteiger partial charge in [0.1, 0.15) is 18.8 Å². The molecule has 0 spiro atoms. The number of hydrogen-bond acceptors (Lipinski definition) is 5. The number of likely N-dealkylation sites (N-methyl/N-ethyl adjacent to an activating group) is 1. The van der Waals surface area contributed by atoms with Gasteiger partial charge in [0.05, 0.1) is 6.04 Å². The molecule has 0 amide bonds. The third kappa shape index (κ3) is 5.12. The van der Waals surface area contributed by atoms with Gasteiger partial charge in [-0.3, -0.25) is 14.5 Å². The maximum atomic E-state index is 11.5. The minimum Gasteiger partial charge on any atom is -0.463 e. The molecule has 0 saturated heterocycles. The average molecular weight is 283 g/mol. The minimum atomic E-state index is -0.443. The molecule has 0 aliphatic carbocycles. The highest BCUT2D eigenvalue weighted by atomic mass is 32.1. The predicted octanol–water partition coefficient (Wildman–Crippen LogP) is 2.65. The Bertz CT molecular complexity index is 399. The number of hydrogen-bond donors (Lipinski definition) is 0. The number of Topliss-reactive ketones (excluding diaryl/α,β-unsaturated/α-hetero) is 1. The summed E-state index contributed by atoms with van der Waals surface area (Å²) in [7, 11) is 0. The Morgan fingerprint density at radius 1 is 1.37 bits per heavy atom. The van der Waals surface area contributed by atoms with Gasteiger partial charge in [0.25, 0.3) is 0 Å². The van der Waals surface area contributed by atoms with E-state index >= 15 is 0 Å². The number of carbonyl (C=O) groups is 2. The van der Waals surface area contributed by atoms with E-state index in [1.54, 1.807) is 11.3 Å². The third-order valence-electron chi connectivity index (χ3n) is 2.92. The first-order valence-corrected chi connectivity index (χ1v) is 7.38. The van der Waals surface area contributed by atoms with E-state index in [0.717, 1.165) is 13.1 Å². The lowest BCUT2D eigenvalue weighted by Crippen LogP contribution is -2.32. The molecule has 0 radical (unpaired) electrons. The van der Waals surface area contributed by atoms with Crippen LogP contribution < -0.4 is 0 Å². The molecule has 0 aliphatic heterocycles. The normalized spacial score (nSPS) is 12.4. The molecule has 5 heteroatoms. The maximum absolute atomic E-state index is 11.5. The van der Waals surface area contributed by atoms with E-state index in [2.05, 4.69) is 18.7 Å². The van der Waals surface area contributed by atoms with E-state index in [1.807, 2.05) is 17.5 Å². The van der Waals surface area contributed by atoms with Gasteiger partial charge in [0, 0.05) is 4.88 Å². The van der Waals surface area contributed by atoms with Crippen molar-refractivity contribution in [1.29, 1.82) is 0 Å². The SMILES string of the molecule is CCN(CC)C(COC(=O)CC(C)=O)c1cccs1. The van der Waals surface area contributed by atoms with Crippen LogP contribution in [0.4, 0.5) is 0 Å². The molecular formula is C14H21NO3S. The van der Waals surface area contributed by atoms with Crippen molar-refractivity contribution < 1.29 is 14.3 Å². The van der Waals surface area contributed by atoms with Crippen molar-refractivity contribution in [3.05, 3.63) is 22.4 Å². The molecule has 1 heterocycles. The Kier molecular flexibility index (Phi) is 6.73. The van der Waals surface area contributed by atoms with Gasteiger partial charge in [0.15, 0.2) is 0 Å². The standard InChI is InChI=1S/C14H21NO3S/c1-4-15(5-2)12(13-7-6-8-19-13)10-18-14(17)9-11(3)16/h6-8,12H,4-5,9-10H2,1-3H3. The van der Waals surface area contributed by atoms with Gasteiger partial charge in [0.2, 0.25) is 0 Å². The molecule has 106 valence electrons. The number of rotatable bonds is 8. The fourth-order valence-electron chi connectivity index (χ4n) is 1.94. The van der Waals surface area contributed by atoms with Crippen LogP contribution in [0.3, 0.4) is 0 Å². The van der Waals surface area contributed by atoms with Gasteiger partial charge in [-0.05, 0) is 31.5 Å². The van der Waals surface area contributed by atoms with Crippen LogP contribution in [0, 0.1) is 0 Å². The van der Waals surface area contributed by atoms with E-state index in [4.69, 9.17) is 4.74 Å². The fourth-order valence-corrected chi connectivity index (χ4v) is 2.78. The number of esters is 1. The summed E-state index contributed by atoms with van der Waals surface area (Å²) in [6.45, 7) is 7.65. The van der Waals surface area contributed by atoms with Crippen LogP contribution in [-0.2, 0) is 14.3 Å². The van der Waals surface area contributed by atoms with E-state index in [9.17, 15) is 9.59 Å². The monoisotopic (exact) mass is 283 g/mol. The maximum Gasteiger partial charge on any atom is 0.313 e. The van der Waals surface area contributed by atoms with Crippen LogP contribution in [0.25, 0.3) is 0 Å². The van der Waals surface area contributed by atoms with Crippen molar-refractivity contribution in [2.24, 2.45) is 0 Å². The molecule has 0 aliphatic rings. The van der Waals surface area contributed by atoms with Gasteiger partial charge < -0.3 is 4.74 Å². The lowest BCUT2D eigenvalue weighted by molar-refractivity contribution is -0.147. The van der Waals surface area contributed by atoms with Crippen LogP contribution in [0.15, 0.2) is 17.5 Å². The number of ketones is 1. The zero-order valence-electron chi connectivity index (χ0n) is 11.7. The Hall–Kier alpha value is -1.20. The Morgan fingerprint density at radius 2 is 2.05 bits per heavy atom. The number of nitrogens with zero attached hydrogens (tertiary/aromatic N) is 1. The topological polar surface area (TPSA) is 46.6 Å². The van der Waals surface area contributed by atoms with Crippen molar-refractivity contribution in [2.75, 3.05) is 19.7 Å². The summed E-state index contributed by atoms with van der Waals surface area (Å²) >= 11 is 1.66. The lowest BCUT2D eigenvalue weighted by Gasteiger charge is -2.28. The van der Waals surface area contributed by atoms with Crippen LogP contribution >= 0.6 is 11.3 Å². The summed E-state index contributed by atoms with van der Waals surface area (Å²) in [6.07, 6.45) is -0.143. The van der Waals surface area contributed by atoms with Crippen molar-refractivity contribution in [3.63, 3.8) is 0 Å². The van der Waals surface area contributed by atoms with Crippen LogP contribution in [0.2, 0.25) is 0 Å². The molecule has 4 nitrogen and oxygen atoms in total. The Balaban J connectivity index is 2.65. The highest BCUT2D eigenvalue weighted by molar-refractivity contribution is 7.10. The van der Waals surface area contributed by atoms with Crippen molar-refractivity contribution in [1.82, 2.24) is 4.90 Å². The summed E-state index contributed by atoms with van der Waals surface area (Å²) in [6, 6.07) is 4.12. The predicted molar refractivity (Wildman–Crippen MR) is 76.2 cm³/mol. The average Bonchev–Trinajstić information content (AvgIpc) is 2.87. The van der Waals surface area contributed by atoms with Crippen molar-refractivity contribution in [3.8, 4) is 0 Å². The molecule has 1 unspecified atom stereocenters. The zero-order valence-corrected chi connectivity index (χ0v) is 12.5. The fraction of sp³-hybridized carbons (Fsp3) is 0.571. The molecule has 19 heavy (non-hydrogen) atoms. The smallest absolute Gasteiger partial charge is 0.313 e. The third-order valence-corrected chi connectivity index (χ3v) is 3.89. The summed E-state index contributed by atoms with van der Waals surface area (Å²) in [5, 5.41) is 2.02. The lowest BCUT2D eigenvalue weighted by atomic mass is 10.2. The van der Waals surface area contributed by atoms with Crippen molar-refractivity contribution >= 4 is 23.1 Å². The van der Waals surface area contributed by atoms with E-state index in [-0.39, 0.29) is 18.2 Å². The van der Waals surface area contributed by atoms with Gasteiger partial charge in [-0.25, -0.2) is 0 Å². The summed E-state index contributed by atoms with van der Waals surface area (Å²) in [5.41, 5.74) is 0. The molecule has 0 N–H and O–H groups in total. The molecular weight excluding hydrogens is 262 g/mol. The van der Waals surface area contributed by atoms with Gasteiger partial charge >= 0.3 is 5.97 Å². The summed E-state index contributed by atoms with van der Waals surface area (Å²) in [5.74, 6) is -0.610. The second-order valence-electron chi connectivity index (χ2n) is 4.31.